The van der Waals surface area contributed by atoms with Gasteiger partial charge in [0.15, 0.2) is 0 Å². The summed E-state index contributed by atoms with van der Waals surface area (Å²) in [5.41, 5.74) is 4.85. The lowest BCUT2D eigenvalue weighted by Gasteiger charge is -2.21. The highest BCUT2D eigenvalue weighted by Crippen LogP contribution is 2.24. The Kier molecular flexibility index (Phi) is 5.80. The summed E-state index contributed by atoms with van der Waals surface area (Å²) >= 11 is 0. The van der Waals surface area contributed by atoms with Gasteiger partial charge in [-0.3, -0.25) is 9.58 Å². The molecule has 0 saturated carbocycles. The number of aliphatic hydroxyl groups excluding tert-OH is 1. The minimum Gasteiger partial charge on any atom is -0.395 e. The van der Waals surface area contributed by atoms with Gasteiger partial charge >= 0.3 is 0 Å². The second-order valence-corrected chi connectivity index (χ2v) is 6.29. The van der Waals surface area contributed by atoms with Crippen LogP contribution in [0.2, 0.25) is 0 Å². The minimum absolute atomic E-state index is 0.110. The first-order valence-electron chi connectivity index (χ1n) is 8.60. The molecule has 0 radical (unpaired) electrons. The minimum atomic E-state index is 0.110. The number of rotatable bonds is 7. The number of aromatic nitrogens is 2. The highest BCUT2D eigenvalue weighted by molar-refractivity contribution is 5.63. The Hall–Kier alpha value is -2.94. The fourth-order valence-electron chi connectivity index (χ4n) is 3.04. The monoisotopic (exact) mass is 346 g/mol. The van der Waals surface area contributed by atoms with Gasteiger partial charge in [0.25, 0.3) is 0 Å². The SMILES string of the molecule is Cn1cc(CN(CCO)Cc2ccccc2)c(-c2ccc(C#N)cc2)n1. The lowest BCUT2D eigenvalue weighted by Crippen LogP contribution is -2.26. The molecule has 5 nitrogen and oxygen atoms in total. The van der Waals surface area contributed by atoms with Crippen LogP contribution < -0.4 is 0 Å². The van der Waals surface area contributed by atoms with Crippen LogP contribution in [0, 0.1) is 11.3 Å². The zero-order valence-corrected chi connectivity index (χ0v) is 14.8. The molecule has 0 aliphatic rings. The first kappa shape index (κ1) is 17.9. The molecule has 1 heterocycles. The number of hydrogen-bond acceptors (Lipinski definition) is 4. The predicted molar refractivity (Wildman–Crippen MR) is 101 cm³/mol. The molecule has 0 unspecified atom stereocenters. The van der Waals surface area contributed by atoms with Crippen molar-refractivity contribution >= 4 is 0 Å². The lowest BCUT2D eigenvalue weighted by atomic mass is 10.1. The van der Waals surface area contributed by atoms with Crippen molar-refractivity contribution in [1.29, 1.82) is 5.26 Å². The molecule has 3 aromatic rings. The quantitative estimate of drug-likeness (QED) is 0.714. The van der Waals surface area contributed by atoms with Gasteiger partial charge in [-0.05, 0) is 17.7 Å². The fraction of sp³-hybridized carbons (Fsp3) is 0.238. The molecule has 0 aliphatic carbocycles. The molecule has 0 spiro atoms. The topological polar surface area (TPSA) is 65.1 Å². The Morgan fingerprint density at radius 2 is 1.81 bits per heavy atom. The van der Waals surface area contributed by atoms with Crippen LogP contribution in [-0.2, 0) is 20.1 Å². The zero-order valence-electron chi connectivity index (χ0n) is 14.8. The maximum atomic E-state index is 9.45. The molecular formula is C21H22N4O. The number of aliphatic hydroxyl groups is 1. The first-order valence-corrected chi connectivity index (χ1v) is 8.60. The summed E-state index contributed by atoms with van der Waals surface area (Å²) in [5, 5.41) is 23.0. The second kappa shape index (κ2) is 8.43. The molecule has 2 aromatic carbocycles. The first-order chi connectivity index (χ1) is 12.7. The zero-order chi connectivity index (χ0) is 18.4. The van der Waals surface area contributed by atoms with E-state index in [0.29, 0.717) is 18.7 Å². The summed E-state index contributed by atoms with van der Waals surface area (Å²) in [6.07, 6.45) is 2.02. The maximum absolute atomic E-state index is 9.45. The number of benzene rings is 2. The third kappa shape index (κ3) is 4.37. The lowest BCUT2D eigenvalue weighted by molar-refractivity contribution is 0.184. The normalized spacial score (nSPS) is 10.8. The molecule has 1 aromatic heterocycles. The average Bonchev–Trinajstić information content (AvgIpc) is 3.03. The highest BCUT2D eigenvalue weighted by Gasteiger charge is 2.14. The Morgan fingerprint density at radius 3 is 2.46 bits per heavy atom. The van der Waals surface area contributed by atoms with Crippen LogP contribution in [0.1, 0.15) is 16.7 Å². The smallest absolute Gasteiger partial charge is 0.0991 e. The van der Waals surface area contributed by atoms with E-state index in [0.717, 1.165) is 23.4 Å². The Bertz CT molecular complexity index is 879. The summed E-state index contributed by atoms with van der Waals surface area (Å²) in [6, 6.07) is 19.9. The number of nitrogens with zero attached hydrogens (tertiary/aromatic N) is 4. The highest BCUT2D eigenvalue weighted by atomic mass is 16.3. The molecule has 3 rings (SSSR count). The van der Waals surface area contributed by atoms with Gasteiger partial charge in [-0.1, -0.05) is 42.5 Å². The van der Waals surface area contributed by atoms with Gasteiger partial charge < -0.3 is 5.11 Å². The summed E-state index contributed by atoms with van der Waals surface area (Å²) in [5.74, 6) is 0. The van der Waals surface area contributed by atoms with Crippen molar-refractivity contribution < 1.29 is 5.11 Å². The number of aryl methyl sites for hydroxylation is 1. The number of hydrogen-bond donors (Lipinski definition) is 1. The van der Waals surface area contributed by atoms with Gasteiger partial charge in [0.1, 0.15) is 0 Å². The molecule has 0 saturated heterocycles. The third-order valence-corrected chi connectivity index (χ3v) is 4.25. The van der Waals surface area contributed by atoms with E-state index in [4.69, 9.17) is 5.26 Å². The maximum Gasteiger partial charge on any atom is 0.0991 e. The van der Waals surface area contributed by atoms with Crippen LogP contribution in [-0.4, -0.2) is 32.9 Å². The summed E-state index contributed by atoms with van der Waals surface area (Å²) < 4.78 is 1.81. The Labute approximate surface area is 153 Å². The molecule has 0 atom stereocenters. The summed E-state index contributed by atoms with van der Waals surface area (Å²) in [7, 11) is 1.91. The van der Waals surface area contributed by atoms with Crippen LogP contribution in [0.3, 0.4) is 0 Å². The van der Waals surface area contributed by atoms with Gasteiger partial charge in [0.05, 0.1) is 23.9 Å². The van der Waals surface area contributed by atoms with Crippen molar-refractivity contribution in [2.45, 2.75) is 13.1 Å². The standard InChI is InChI=1S/C21H22N4O/c1-24-15-20(21(23-24)19-9-7-17(13-22)8-10-19)16-25(11-12-26)14-18-5-3-2-4-6-18/h2-10,15,26H,11-12,14,16H2,1H3. The predicted octanol–water partition coefficient (Wildman–Crippen LogP) is 2.95. The molecule has 132 valence electrons. The van der Waals surface area contributed by atoms with Gasteiger partial charge in [-0.15, -0.1) is 0 Å². The molecule has 1 N–H and O–H groups in total. The second-order valence-electron chi connectivity index (χ2n) is 6.29. The van der Waals surface area contributed by atoms with E-state index >= 15 is 0 Å². The van der Waals surface area contributed by atoms with Crippen molar-refractivity contribution in [3.05, 3.63) is 77.5 Å². The largest absolute Gasteiger partial charge is 0.395 e. The molecular weight excluding hydrogens is 324 g/mol. The molecule has 0 aliphatic heterocycles. The van der Waals surface area contributed by atoms with Crippen molar-refractivity contribution in [3.8, 4) is 17.3 Å². The third-order valence-electron chi connectivity index (χ3n) is 4.25. The van der Waals surface area contributed by atoms with E-state index in [9.17, 15) is 5.11 Å². The molecule has 0 fully saturated rings. The van der Waals surface area contributed by atoms with Crippen molar-refractivity contribution in [1.82, 2.24) is 14.7 Å². The van der Waals surface area contributed by atoms with E-state index in [1.54, 1.807) is 0 Å². The van der Waals surface area contributed by atoms with Crippen LogP contribution in [0.25, 0.3) is 11.3 Å². The van der Waals surface area contributed by atoms with Crippen LogP contribution in [0.5, 0.6) is 0 Å². The van der Waals surface area contributed by atoms with E-state index in [-0.39, 0.29) is 6.61 Å². The van der Waals surface area contributed by atoms with Crippen molar-refractivity contribution in [3.63, 3.8) is 0 Å². The summed E-state index contributed by atoms with van der Waals surface area (Å²) in [6.45, 7) is 2.16. The van der Waals surface area contributed by atoms with Crippen molar-refractivity contribution in [2.75, 3.05) is 13.2 Å². The van der Waals surface area contributed by atoms with Crippen LogP contribution in [0.4, 0.5) is 0 Å². The number of nitriles is 1. The average molecular weight is 346 g/mol. The Morgan fingerprint density at radius 1 is 1.08 bits per heavy atom. The fourth-order valence-corrected chi connectivity index (χ4v) is 3.04. The molecule has 0 bridgehead atoms. The van der Waals surface area contributed by atoms with Gasteiger partial charge in [0.2, 0.25) is 0 Å². The van der Waals surface area contributed by atoms with Crippen molar-refractivity contribution in [2.24, 2.45) is 7.05 Å². The van der Waals surface area contributed by atoms with Gasteiger partial charge in [-0.2, -0.15) is 10.4 Å². The summed E-state index contributed by atoms with van der Waals surface area (Å²) in [4.78, 5) is 2.21. The molecule has 0 amide bonds. The van der Waals surface area contributed by atoms with Crippen LogP contribution in [0.15, 0.2) is 60.8 Å². The molecule has 5 heteroatoms. The van der Waals surface area contributed by atoms with E-state index in [1.807, 2.05) is 60.4 Å². The van der Waals surface area contributed by atoms with Gasteiger partial charge in [0, 0.05) is 44.0 Å². The van der Waals surface area contributed by atoms with E-state index < -0.39 is 0 Å². The van der Waals surface area contributed by atoms with Gasteiger partial charge in [-0.25, -0.2) is 0 Å². The van der Waals surface area contributed by atoms with E-state index in [2.05, 4.69) is 28.2 Å². The van der Waals surface area contributed by atoms with Crippen LogP contribution >= 0.6 is 0 Å². The Balaban J connectivity index is 1.84. The molecule has 26 heavy (non-hydrogen) atoms. The van der Waals surface area contributed by atoms with E-state index in [1.165, 1.54) is 5.56 Å².